The molecule has 2 amide bonds. The molecule has 8 nitrogen and oxygen atoms in total. The van der Waals surface area contributed by atoms with E-state index in [1.54, 1.807) is 12.1 Å². The molecule has 1 aliphatic heterocycles. The molecule has 0 saturated carbocycles. The molecule has 1 saturated heterocycles. The molecule has 2 aromatic rings. The summed E-state index contributed by atoms with van der Waals surface area (Å²) < 4.78 is 57.8. The molecule has 1 atom stereocenters. The Labute approximate surface area is 205 Å². The van der Waals surface area contributed by atoms with Crippen molar-refractivity contribution in [2.75, 3.05) is 25.0 Å². The average molecular weight is 515 g/mol. The van der Waals surface area contributed by atoms with Gasteiger partial charge in [0.05, 0.1) is 13.0 Å². The number of piperidine rings is 1. The first-order valence-electron chi connectivity index (χ1n) is 11.6. The van der Waals surface area contributed by atoms with Crippen molar-refractivity contribution in [1.29, 1.82) is 0 Å². The number of aromatic amines is 1. The summed E-state index contributed by atoms with van der Waals surface area (Å²) in [5, 5.41) is 7.30. The molecule has 12 heteroatoms. The van der Waals surface area contributed by atoms with Crippen LogP contribution in [-0.2, 0) is 21.4 Å². The summed E-state index contributed by atoms with van der Waals surface area (Å²) >= 11 is 0. The standard InChI is InChI=1S/C24H30F4N4O4/c1-23(2,3)17-5-4-15(10-18(17)25)29-22(35)21(30-19(33)11-16-12-20(34)31-36-16)14-6-8-32(9-7-14)13-24(26,27)28/h4-5,10,12,14,21H,6-9,11,13H2,1-3H3,(H,29,35)(H,30,33)(H,31,34)/t21-/m1/s1. The van der Waals surface area contributed by atoms with Crippen molar-refractivity contribution < 1.29 is 31.7 Å². The zero-order chi connectivity index (χ0) is 26.7. The predicted molar refractivity (Wildman–Crippen MR) is 124 cm³/mol. The number of nitrogens with one attached hydrogen (secondary N) is 3. The lowest BCUT2D eigenvalue weighted by atomic mass is 9.86. The quantitative estimate of drug-likeness (QED) is 0.492. The number of hydrogen-bond donors (Lipinski definition) is 3. The molecule has 0 aliphatic carbocycles. The largest absolute Gasteiger partial charge is 0.401 e. The molecule has 2 heterocycles. The van der Waals surface area contributed by atoms with Crippen molar-refractivity contribution in [3.05, 3.63) is 51.8 Å². The van der Waals surface area contributed by atoms with Crippen LogP contribution in [0.25, 0.3) is 0 Å². The van der Waals surface area contributed by atoms with E-state index in [9.17, 15) is 31.9 Å². The van der Waals surface area contributed by atoms with E-state index in [2.05, 4.69) is 15.8 Å². The van der Waals surface area contributed by atoms with Gasteiger partial charge in [0.25, 0.3) is 5.56 Å². The van der Waals surface area contributed by atoms with E-state index < -0.39 is 53.3 Å². The van der Waals surface area contributed by atoms with E-state index >= 15 is 0 Å². The highest BCUT2D eigenvalue weighted by Gasteiger charge is 2.37. The Bertz CT molecular complexity index is 1130. The summed E-state index contributed by atoms with van der Waals surface area (Å²) in [6.07, 6.45) is -4.16. The Balaban J connectivity index is 1.74. The van der Waals surface area contributed by atoms with Crippen LogP contribution in [0.4, 0.5) is 23.2 Å². The van der Waals surface area contributed by atoms with Gasteiger partial charge in [-0.15, -0.1) is 0 Å². The lowest BCUT2D eigenvalue weighted by molar-refractivity contribution is -0.149. The van der Waals surface area contributed by atoms with Crippen molar-refractivity contribution in [1.82, 2.24) is 15.4 Å². The number of benzene rings is 1. The van der Waals surface area contributed by atoms with Gasteiger partial charge < -0.3 is 15.2 Å². The molecule has 0 spiro atoms. The van der Waals surface area contributed by atoms with Crippen LogP contribution < -0.4 is 16.2 Å². The fraction of sp³-hybridized carbons (Fsp3) is 0.542. The lowest BCUT2D eigenvalue weighted by Gasteiger charge is -2.36. The molecule has 0 unspecified atom stereocenters. The summed E-state index contributed by atoms with van der Waals surface area (Å²) in [5.41, 5.74) is -0.308. The van der Waals surface area contributed by atoms with Crippen molar-refractivity contribution in [2.45, 2.75) is 57.7 Å². The maximum Gasteiger partial charge on any atom is 0.401 e. The Morgan fingerprint density at radius 1 is 1.17 bits per heavy atom. The summed E-state index contributed by atoms with van der Waals surface area (Å²) in [5.74, 6) is -2.10. The van der Waals surface area contributed by atoms with Crippen LogP contribution in [0, 0.1) is 11.7 Å². The van der Waals surface area contributed by atoms with Gasteiger partial charge in [-0.25, -0.2) is 4.39 Å². The Kier molecular flexibility index (Phi) is 8.27. The number of H-pyrrole nitrogens is 1. The fourth-order valence-corrected chi connectivity index (χ4v) is 4.31. The van der Waals surface area contributed by atoms with Crippen LogP contribution >= 0.6 is 0 Å². The SMILES string of the molecule is CC(C)(C)c1ccc(NC(=O)[C@H](NC(=O)Cc2cc(=O)[nH]o2)C2CCN(CC(F)(F)F)CC2)cc1F. The van der Waals surface area contributed by atoms with E-state index in [-0.39, 0.29) is 43.8 Å². The molecule has 1 aromatic carbocycles. The first kappa shape index (κ1) is 27.4. The van der Waals surface area contributed by atoms with E-state index in [1.807, 2.05) is 20.8 Å². The molecule has 3 N–H and O–H groups in total. The molecule has 1 aromatic heterocycles. The van der Waals surface area contributed by atoms with E-state index in [0.29, 0.717) is 5.56 Å². The number of hydrogen-bond acceptors (Lipinski definition) is 5. The van der Waals surface area contributed by atoms with E-state index in [0.717, 1.165) is 6.07 Å². The highest BCUT2D eigenvalue weighted by atomic mass is 19.4. The molecule has 1 fully saturated rings. The van der Waals surface area contributed by atoms with E-state index in [4.69, 9.17) is 4.52 Å². The topological polar surface area (TPSA) is 107 Å². The first-order valence-corrected chi connectivity index (χ1v) is 11.6. The molecule has 198 valence electrons. The zero-order valence-electron chi connectivity index (χ0n) is 20.3. The van der Waals surface area contributed by atoms with Gasteiger partial charge in [0, 0.05) is 11.8 Å². The third-order valence-electron chi connectivity index (χ3n) is 6.06. The molecular formula is C24H30F4N4O4. The number of carbonyl (C=O) groups excluding carboxylic acids is 2. The highest BCUT2D eigenvalue weighted by molar-refractivity contribution is 5.97. The molecule has 0 bridgehead atoms. The van der Waals surface area contributed by atoms with Crippen LogP contribution in [0.1, 0.15) is 44.9 Å². The summed E-state index contributed by atoms with van der Waals surface area (Å²) in [4.78, 5) is 38.3. The number of carbonyl (C=O) groups is 2. The maximum atomic E-state index is 14.6. The second-order valence-corrected chi connectivity index (χ2v) is 10.1. The molecule has 3 rings (SSSR count). The van der Waals surface area contributed by atoms with E-state index in [1.165, 1.54) is 11.0 Å². The molecular weight excluding hydrogens is 484 g/mol. The van der Waals surface area contributed by atoms with Gasteiger partial charge in [-0.1, -0.05) is 26.8 Å². The van der Waals surface area contributed by atoms with Crippen molar-refractivity contribution >= 4 is 17.5 Å². The third kappa shape index (κ3) is 7.67. The predicted octanol–water partition coefficient (Wildman–Crippen LogP) is 3.34. The minimum absolute atomic E-state index is 0.0662. The minimum atomic E-state index is -4.33. The number of nitrogens with zero attached hydrogens (tertiary/aromatic N) is 1. The number of rotatable bonds is 7. The van der Waals surface area contributed by atoms with Crippen LogP contribution in [0.2, 0.25) is 0 Å². The second-order valence-electron chi connectivity index (χ2n) is 10.1. The average Bonchev–Trinajstić information content (AvgIpc) is 3.15. The monoisotopic (exact) mass is 514 g/mol. The molecule has 1 aliphatic rings. The van der Waals surface area contributed by atoms with Crippen LogP contribution in [0.5, 0.6) is 0 Å². The van der Waals surface area contributed by atoms with Gasteiger partial charge in [0.15, 0.2) is 0 Å². The smallest absolute Gasteiger partial charge is 0.383 e. The first-order chi connectivity index (χ1) is 16.7. The number of anilines is 1. The number of halogens is 4. The fourth-order valence-electron chi connectivity index (χ4n) is 4.31. The molecule has 36 heavy (non-hydrogen) atoms. The lowest BCUT2D eigenvalue weighted by Crippen LogP contribution is -2.52. The van der Waals surface area contributed by atoms with Gasteiger partial charge in [-0.2, -0.15) is 18.3 Å². The maximum absolute atomic E-state index is 14.6. The van der Waals surface area contributed by atoms with Crippen LogP contribution in [-0.4, -0.2) is 53.7 Å². The number of aromatic nitrogens is 1. The van der Waals surface area contributed by atoms with Gasteiger partial charge in [-0.05, 0) is 55.0 Å². The van der Waals surface area contributed by atoms with Gasteiger partial charge in [-0.3, -0.25) is 19.3 Å². The minimum Gasteiger partial charge on any atom is -0.383 e. The Hall–Kier alpha value is -3.15. The summed E-state index contributed by atoms with van der Waals surface area (Å²) in [7, 11) is 0. The Morgan fingerprint density at radius 3 is 2.36 bits per heavy atom. The molecule has 0 radical (unpaired) electrons. The third-order valence-corrected chi connectivity index (χ3v) is 6.06. The van der Waals surface area contributed by atoms with Crippen LogP contribution in [0.3, 0.4) is 0 Å². The van der Waals surface area contributed by atoms with Gasteiger partial charge in [0.2, 0.25) is 11.8 Å². The van der Waals surface area contributed by atoms with Crippen molar-refractivity contribution in [3.8, 4) is 0 Å². The van der Waals surface area contributed by atoms with Crippen LogP contribution in [0.15, 0.2) is 33.6 Å². The summed E-state index contributed by atoms with van der Waals surface area (Å²) in [6.45, 7) is 4.72. The second kappa shape index (κ2) is 10.9. The number of alkyl halides is 3. The summed E-state index contributed by atoms with van der Waals surface area (Å²) in [6, 6.07) is 4.34. The zero-order valence-corrected chi connectivity index (χ0v) is 20.3. The van der Waals surface area contributed by atoms with Crippen molar-refractivity contribution in [2.24, 2.45) is 5.92 Å². The van der Waals surface area contributed by atoms with Gasteiger partial charge in [0.1, 0.15) is 17.6 Å². The number of likely N-dealkylation sites (tertiary alicyclic amines) is 1. The Morgan fingerprint density at radius 2 is 1.83 bits per heavy atom. The number of amides is 2. The normalized spacial score (nSPS) is 16.5. The van der Waals surface area contributed by atoms with Gasteiger partial charge >= 0.3 is 6.18 Å². The van der Waals surface area contributed by atoms with Crippen molar-refractivity contribution in [3.63, 3.8) is 0 Å². The highest BCUT2D eigenvalue weighted by Crippen LogP contribution is 2.28.